The number of hydrogen-bond donors (Lipinski definition) is 2. The van der Waals surface area contributed by atoms with Crippen molar-refractivity contribution in [3.63, 3.8) is 0 Å². The molecule has 35 heavy (non-hydrogen) atoms. The van der Waals surface area contributed by atoms with Gasteiger partial charge in [-0.3, -0.25) is 14.7 Å². The molecule has 7 nitrogen and oxygen atoms in total. The maximum Gasteiger partial charge on any atom is 0.471 e. The van der Waals surface area contributed by atoms with Crippen LogP contribution in [0.5, 0.6) is 0 Å². The summed E-state index contributed by atoms with van der Waals surface area (Å²) in [6.07, 6.45) is -3.34. The lowest BCUT2D eigenvalue weighted by Crippen LogP contribution is -2.43. The molecule has 0 saturated heterocycles. The molecule has 0 unspecified atom stereocenters. The molecule has 5 rings (SSSR count). The van der Waals surface area contributed by atoms with Gasteiger partial charge >= 0.3 is 12.1 Å². The first kappa shape index (κ1) is 22.5. The van der Waals surface area contributed by atoms with Crippen LogP contribution in [-0.4, -0.2) is 44.6 Å². The van der Waals surface area contributed by atoms with Crippen LogP contribution in [0, 0.1) is 5.95 Å². The van der Waals surface area contributed by atoms with Crippen molar-refractivity contribution in [2.24, 2.45) is 0 Å². The lowest BCUT2D eigenvalue weighted by Gasteiger charge is -2.29. The zero-order chi connectivity index (χ0) is 24.7. The van der Waals surface area contributed by atoms with Crippen molar-refractivity contribution in [1.29, 1.82) is 0 Å². The van der Waals surface area contributed by atoms with Crippen molar-refractivity contribution in [3.05, 3.63) is 77.5 Å². The van der Waals surface area contributed by atoms with Gasteiger partial charge in [-0.05, 0) is 59.5 Å². The third-order valence-electron chi connectivity index (χ3n) is 5.85. The Morgan fingerprint density at radius 1 is 1.06 bits per heavy atom. The minimum Gasteiger partial charge on any atom is -0.330 e. The number of anilines is 1. The lowest BCUT2D eigenvalue weighted by molar-refractivity contribution is -0.186. The van der Waals surface area contributed by atoms with Gasteiger partial charge in [0.05, 0.1) is 5.52 Å². The molecule has 0 spiro atoms. The van der Waals surface area contributed by atoms with Crippen molar-refractivity contribution < 1.29 is 27.2 Å². The molecule has 4 aromatic rings. The van der Waals surface area contributed by atoms with Crippen LogP contribution in [0.2, 0.25) is 0 Å². The fourth-order valence-electron chi connectivity index (χ4n) is 4.13. The van der Waals surface area contributed by atoms with E-state index >= 15 is 0 Å². The van der Waals surface area contributed by atoms with E-state index in [1.807, 2.05) is 0 Å². The highest BCUT2D eigenvalue weighted by Gasteiger charge is 2.43. The van der Waals surface area contributed by atoms with E-state index in [1.54, 1.807) is 48.5 Å². The molecular weight excluding hydrogens is 466 g/mol. The summed E-state index contributed by atoms with van der Waals surface area (Å²) in [5.74, 6) is -3.01. The van der Waals surface area contributed by atoms with Crippen molar-refractivity contribution in [2.75, 3.05) is 11.9 Å². The molecule has 0 radical (unpaired) electrons. The number of nitrogens with one attached hydrogen (secondary N) is 2. The van der Waals surface area contributed by atoms with Crippen LogP contribution < -0.4 is 5.32 Å². The second kappa shape index (κ2) is 8.49. The molecule has 1 aliphatic rings. The van der Waals surface area contributed by atoms with E-state index in [1.165, 1.54) is 6.20 Å². The standard InChI is InChI=1S/C24H17F4N5O2/c25-21-17(2-1-8-29-21)14-4-6-19-18(11-14)20(32-31-19)22(34)30-16-5-3-15-12-33(9-7-13(15)10-16)23(35)24(26,27)28/h1-6,8,10-11H,7,9,12H2,(H,30,34)(H,31,32). The normalized spacial score (nSPS) is 13.5. The van der Waals surface area contributed by atoms with Crippen molar-refractivity contribution in [1.82, 2.24) is 20.1 Å². The summed E-state index contributed by atoms with van der Waals surface area (Å²) in [7, 11) is 0. The molecule has 178 valence electrons. The Balaban J connectivity index is 1.37. The number of alkyl halides is 3. The first-order chi connectivity index (χ1) is 16.7. The molecule has 2 aromatic heterocycles. The molecule has 11 heteroatoms. The average molecular weight is 483 g/mol. The number of aromatic amines is 1. The van der Waals surface area contributed by atoms with E-state index in [0.717, 1.165) is 10.5 Å². The summed E-state index contributed by atoms with van der Waals surface area (Å²) in [5.41, 5.74) is 3.28. The van der Waals surface area contributed by atoms with Gasteiger partial charge in [-0.15, -0.1) is 0 Å². The Morgan fingerprint density at radius 3 is 2.66 bits per heavy atom. The van der Waals surface area contributed by atoms with E-state index in [0.29, 0.717) is 27.7 Å². The van der Waals surface area contributed by atoms with Crippen LogP contribution in [0.1, 0.15) is 21.6 Å². The van der Waals surface area contributed by atoms with Crippen molar-refractivity contribution >= 4 is 28.4 Å². The second-order valence-electron chi connectivity index (χ2n) is 8.09. The number of hydrogen-bond acceptors (Lipinski definition) is 4. The van der Waals surface area contributed by atoms with Gasteiger partial charge in [-0.1, -0.05) is 12.1 Å². The molecule has 2 aromatic carbocycles. The van der Waals surface area contributed by atoms with Gasteiger partial charge in [-0.25, -0.2) is 4.98 Å². The molecule has 0 fully saturated rings. The number of H-pyrrole nitrogens is 1. The minimum atomic E-state index is -4.92. The van der Waals surface area contributed by atoms with Gasteiger partial charge in [0.1, 0.15) is 0 Å². The van der Waals surface area contributed by atoms with Gasteiger partial charge in [-0.2, -0.15) is 22.7 Å². The van der Waals surface area contributed by atoms with Crippen LogP contribution in [0.4, 0.5) is 23.2 Å². The first-order valence-electron chi connectivity index (χ1n) is 10.6. The van der Waals surface area contributed by atoms with Crippen LogP contribution in [0.25, 0.3) is 22.0 Å². The third kappa shape index (κ3) is 4.32. The highest BCUT2D eigenvalue weighted by molar-refractivity contribution is 6.11. The number of carbonyl (C=O) groups is 2. The van der Waals surface area contributed by atoms with Gasteiger partial charge in [0.25, 0.3) is 5.91 Å². The fourth-order valence-corrected chi connectivity index (χ4v) is 4.13. The van der Waals surface area contributed by atoms with E-state index in [9.17, 15) is 27.2 Å². The van der Waals surface area contributed by atoms with E-state index in [2.05, 4.69) is 20.5 Å². The highest BCUT2D eigenvalue weighted by Crippen LogP contribution is 2.29. The molecule has 0 aliphatic carbocycles. The quantitative estimate of drug-likeness (QED) is 0.333. The Hall–Kier alpha value is -4.28. The molecule has 3 heterocycles. The maximum atomic E-state index is 14.1. The fraction of sp³-hybridized carbons (Fsp3) is 0.167. The Bertz CT molecular complexity index is 1460. The largest absolute Gasteiger partial charge is 0.471 e. The molecular formula is C24H17F4N5O2. The molecule has 2 N–H and O–H groups in total. The topological polar surface area (TPSA) is 91.0 Å². The molecule has 2 amide bonds. The van der Waals surface area contributed by atoms with Crippen molar-refractivity contribution in [3.8, 4) is 11.1 Å². The summed E-state index contributed by atoms with van der Waals surface area (Å²) < 4.78 is 52.3. The second-order valence-corrected chi connectivity index (χ2v) is 8.09. The van der Waals surface area contributed by atoms with Gasteiger partial charge in [0.15, 0.2) is 5.69 Å². The monoisotopic (exact) mass is 483 g/mol. The van der Waals surface area contributed by atoms with Crippen LogP contribution in [0.3, 0.4) is 0 Å². The molecule has 0 atom stereocenters. The van der Waals surface area contributed by atoms with Gasteiger partial charge < -0.3 is 10.2 Å². The number of nitrogens with zero attached hydrogens (tertiary/aromatic N) is 3. The Labute approximate surface area is 195 Å². The van der Waals surface area contributed by atoms with E-state index < -0.39 is 23.9 Å². The number of halogens is 4. The molecule has 0 saturated carbocycles. The Morgan fingerprint density at radius 2 is 1.89 bits per heavy atom. The van der Waals surface area contributed by atoms with Gasteiger partial charge in [0.2, 0.25) is 5.95 Å². The highest BCUT2D eigenvalue weighted by atomic mass is 19.4. The SMILES string of the molecule is O=C(Nc1ccc2c(c1)CCN(C(=O)C(F)(F)F)C2)c1n[nH]c2ccc(-c3cccnc3F)cc12. The molecule has 0 bridgehead atoms. The van der Waals surface area contributed by atoms with Crippen LogP contribution in [-0.2, 0) is 17.8 Å². The number of fused-ring (bicyclic) bond motifs is 2. The maximum absolute atomic E-state index is 14.1. The minimum absolute atomic E-state index is 0.0690. The summed E-state index contributed by atoms with van der Waals surface area (Å²) in [6, 6.07) is 13.0. The number of pyridine rings is 1. The van der Waals surface area contributed by atoms with E-state index in [-0.39, 0.29) is 30.8 Å². The summed E-state index contributed by atoms with van der Waals surface area (Å²) in [6.45, 7) is -0.222. The predicted octanol–water partition coefficient (Wildman–Crippen LogP) is 4.46. The Kier molecular flexibility index (Phi) is 5.46. The van der Waals surface area contributed by atoms with Crippen molar-refractivity contribution in [2.45, 2.75) is 19.1 Å². The summed E-state index contributed by atoms with van der Waals surface area (Å²) >= 11 is 0. The molecule has 1 aliphatic heterocycles. The number of rotatable bonds is 3. The number of aromatic nitrogens is 3. The predicted molar refractivity (Wildman–Crippen MR) is 119 cm³/mol. The van der Waals surface area contributed by atoms with Crippen LogP contribution >= 0.6 is 0 Å². The smallest absolute Gasteiger partial charge is 0.330 e. The average Bonchev–Trinajstić information content (AvgIpc) is 3.26. The number of benzene rings is 2. The summed E-state index contributed by atoms with van der Waals surface area (Å²) in [5, 5.41) is 10.1. The zero-order valence-corrected chi connectivity index (χ0v) is 18.0. The van der Waals surface area contributed by atoms with Crippen LogP contribution in [0.15, 0.2) is 54.7 Å². The van der Waals surface area contributed by atoms with E-state index in [4.69, 9.17) is 0 Å². The number of amides is 2. The zero-order valence-electron chi connectivity index (χ0n) is 18.0. The van der Waals surface area contributed by atoms with Gasteiger partial charge in [0, 0.05) is 35.9 Å². The first-order valence-corrected chi connectivity index (χ1v) is 10.6. The summed E-state index contributed by atoms with van der Waals surface area (Å²) in [4.78, 5) is 28.9. The third-order valence-corrected chi connectivity index (χ3v) is 5.85. The number of carbonyl (C=O) groups excluding carboxylic acids is 2. The lowest BCUT2D eigenvalue weighted by atomic mass is 9.98.